The summed E-state index contributed by atoms with van der Waals surface area (Å²) in [6.07, 6.45) is 6.30. The lowest BCUT2D eigenvalue weighted by atomic mass is 9.97. The van der Waals surface area contributed by atoms with Crippen molar-refractivity contribution in [1.82, 2.24) is 0 Å². The van der Waals surface area contributed by atoms with Crippen molar-refractivity contribution >= 4 is 33.4 Å². The van der Waals surface area contributed by atoms with Gasteiger partial charge in [0.2, 0.25) is 11.5 Å². The van der Waals surface area contributed by atoms with Crippen LogP contribution in [0.3, 0.4) is 0 Å². The number of halogens is 1. The van der Waals surface area contributed by atoms with Crippen molar-refractivity contribution in [3.63, 3.8) is 0 Å². The first-order valence-corrected chi connectivity index (χ1v) is 8.17. The molecule has 0 radical (unpaired) electrons. The summed E-state index contributed by atoms with van der Waals surface area (Å²) in [5.74, 6) is -1.16. The zero-order valence-electron chi connectivity index (χ0n) is 12.1. The number of oxime groups is 1. The summed E-state index contributed by atoms with van der Waals surface area (Å²) >= 11 is 3.03. The maximum atomic E-state index is 11.7. The number of hydrogen-bond acceptors (Lipinski definition) is 5. The van der Waals surface area contributed by atoms with Crippen molar-refractivity contribution in [2.45, 2.75) is 58.0 Å². The third kappa shape index (κ3) is 5.23. The topological polar surface area (TPSA) is 65.0 Å². The number of ether oxygens (including phenoxy) is 1. The molecule has 20 heavy (non-hydrogen) atoms. The van der Waals surface area contributed by atoms with Gasteiger partial charge < -0.3 is 9.57 Å². The van der Waals surface area contributed by atoms with Crippen LogP contribution < -0.4 is 0 Å². The van der Waals surface area contributed by atoms with Crippen molar-refractivity contribution in [2.24, 2.45) is 5.16 Å². The van der Waals surface area contributed by atoms with Crippen LogP contribution in [0.5, 0.6) is 0 Å². The molecule has 0 heterocycles. The fraction of sp³-hybridized carbons (Fsp3) is 0.786. The normalized spacial score (nSPS) is 19.1. The molecule has 0 aromatic rings. The van der Waals surface area contributed by atoms with Gasteiger partial charge in [-0.15, -0.1) is 0 Å². The van der Waals surface area contributed by atoms with E-state index in [1.807, 2.05) is 6.92 Å². The molecule has 1 saturated carbocycles. The Balaban J connectivity index is 2.79. The summed E-state index contributed by atoms with van der Waals surface area (Å²) in [6, 6.07) is 0. The van der Waals surface area contributed by atoms with E-state index in [0.29, 0.717) is 0 Å². The van der Waals surface area contributed by atoms with E-state index < -0.39 is 17.4 Å². The molecule has 114 valence electrons. The van der Waals surface area contributed by atoms with Crippen molar-refractivity contribution < 1.29 is 19.2 Å². The number of carbonyl (C=O) groups is 2. The molecule has 1 aliphatic carbocycles. The molecule has 0 spiro atoms. The minimum Gasteiger partial charge on any atom is -0.461 e. The zero-order valence-corrected chi connectivity index (χ0v) is 13.7. The summed E-state index contributed by atoms with van der Waals surface area (Å²) in [5.41, 5.74) is -0.671. The molecule has 1 aliphatic rings. The Hall–Kier alpha value is -0.910. The number of nitrogens with zero attached hydrogens (tertiary/aromatic N) is 1. The molecule has 0 atom stereocenters. The Labute approximate surface area is 128 Å². The summed E-state index contributed by atoms with van der Waals surface area (Å²) in [5, 5.41) is 3.83. The van der Waals surface area contributed by atoms with Crippen molar-refractivity contribution in [3.8, 4) is 0 Å². The highest BCUT2D eigenvalue weighted by molar-refractivity contribution is 9.09. The summed E-state index contributed by atoms with van der Waals surface area (Å²) in [7, 11) is 0. The summed E-state index contributed by atoms with van der Waals surface area (Å²) in [6.45, 7) is 3.86. The van der Waals surface area contributed by atoms with Gasteiger partial charge in [0, 0.05) is 0 Å². The molecule has 0 bridgehead atoms. The van der Waals surface area contributed by atoms with Gasteiger partial charge in [-0.3, -0.25) is 4.79 Å². The van der Waals surface area contributed by atoms with Crippen LogP contribution in [0.2, 0.25) is 0 Å². The van der Waals surface area contributed by atoms with E-state index in [1.54, 1.807) is 6.92 Å². The average molecular weight is 348 g/mol. The highest BCUT2D eigenvalue weighted by Crippen LogP contribution is 2.30. The molecule has 0 saturated heterocycles. The predicted molar refractivity (Wildman–Crippen MR) is 80.1 cm³/mol. The molecule has 0 aliphatic heterocycles. The quantitative estimate of drug-likeness (QED) is 0.185. The Morgan fingerprint density at radius 3 is 2.30 bits per heavy atom. The Morgan fingerprint density at radius 1 is 1.20 bits per heavy atom. The maximum absolute atomic E-state index is 11.7. The number of ketones is 1. The van der Waals surface area contributed by atoms with E-state index in [2.05, 4.69) is 21.1 Å². The molecule has 0 aromatic carbocycles. The Morgan fingerprint density at radius 2 is 1.80 bits per heavy atom. The monoisotopic (exact) mass is 347 g/mol. The second-order valence-corrected chi connectivity index (χ2v) is 5.73. The van der Waals surface area contributed by atoms with Crippen LogP contribution in [-0.4, -0.2) is 35.0 Å². The van der Waals surface area contributed by atoms with Crippen molar-refractivity contribution in [2.75, 3.05) is 11.9 Å². The molecule has 0 unspecified atom stereocenters. The van der Waals surface area contributed by atoms with Crippen LogP contribution in [0.25, 0.3) is 0 Å². The van der Waals surface area contributed by atoms with E-state index in [9.17, 15) is 9.59 Å². The number of alkyl halides is 1. The van der Waals surface area contributed by atoms with Gasteiger partial charge in [0.15, 0.2) is 0 Å². The van der Waals surface area contributed by atoms with Gasteiger partial charge in [0.05, 0.1) is 11.9 Å². The first-order valence-electron chi connectivity index (χ1n) is 7.05. The lowest BCUT2D eigenvalue weighted by molar-refractivity contribution is -0.136. The average Bonchev–Trinajstić information content (AvgIpc) is 2.64. The molecule has 1 fully saturated rings. The number of rotatable bonds is 6. The molecular formula is C14H22BrNO4. The molecule has 6 heteroatoms. The van der Waals surface area contributed by atoms with Crippen LogP contribution in [0.4, 0.5) is 0 Å². The number of hydrogen-bond donors (Lipinski definition) is 0. The van der Waals surface area contributed by atoms with Crippen LogP contribution in [0.15, 0.2) is 5.16 Å². The highest BCUT2D eigenvalue weighted by Gasteiger charge is 2.30. The summed E-state index contributed by atoms with van der Waals surface area (Å²) in [4.78, 5) is 29.0. The van der Waals surface area contributed by atoms with Crippen LogP contribution in [0, 0.1) is 0 Å². The number of Topliss-reactive ketones (excluding diaryl/α,β-unsaturated/α-hetero) is 1. The van der Waals surface area contributed by atoms with Gasteiger partial charge >= 0.3 is 5.97 Å². The molecular weight excluding hydrogens is 326 g/mol. The Kier molecular flexibility index (Phi) is 7.19. The SMILES string of the molecule is CCOC(=O)/C(=N/OC1(C)CCCCCC1)C(=O)CBr. The highest BCUT2D eigenvalue weighted by atomic mass is 79.9. The zero-order chi connectivity index (χ0) is 15.0. The van der Waals surface area contributed by atoms with Gasteiger partial charge in [-0.1, -0.05) is 33.9 Å². The summed E-state index contributed by atoms with van der Waals surface area (Å²) < 4.78 is 4.83. The second-order valence-electron chi connectivity index (χ2n) is 5.17. The van der Waals surface area contributed by atoms with Crippen molar-refractivity contribution in [3.05, 3.63) is 0 Å². The largest absolute Gasteiger partial charge is 0.461 e. The van der Waals surface area contributed by atoms with Crippen LogP contribution in [0.1, 0.15) is 52.4 Å². The van der Waals surface area contributed by atoms with Crippen LogP contribution >= 0.6 is 15.9 Å². The van der Waals surface area contributed by atoms with E-state index in [4.69, 9.17) is 9.57 Å². The third-order valence-electron chi connectivity index (χ3n) is 3.37. The molecule has 0 N–H and O–H groups in total. The van der Waals surface area contributed by atoms with Gasteiger partial charge in [-0.2, -0.15) is 0 Å². The first kappa shape index (κ1) is 17.1. The van der Waals surface area contributed by atoms with Gasteiger partial charge in [-0.05, 0) is 39.5 Å². The van der Waals surface area contributed by atoms with Gasteiger partial charge in [0.25, 0.3) is 0 Å². The smallest absolute Gasteiger partial charge is 0.364 e. The molecule has 5 nitrogen and oxygen atoms in total. The van der Waals surface area contributed by atoms with Gasteiger partial charge in [-0.25, -0.2) is 4.79 Å². The molecule has 0 amide bonds. The molecule has 0 aromatic heterocycles. The third-order valence-corrected chi connectivity index (χ3v) is 3.88. The maximum Gasteiger partial charge on any atom is 0.364 e. The lowest BCUT2D eigenvalue weighted by Gasteiger charge is -2.25. The van der Waals surface area contributed by atoms with Crippen molar-refractivity contribution in [1.29, 1.82) is 0 Å². The Bertz CT molecular complexity index is 373. The second kappa shape index (κ2) is 8.39. The van der Waals surface area contributed by atoms with E-state index in [0.717, 1.165) is 25.7 Å². The fourth-order valence-electron chi connectivity index (χ4n) is 2.19. The van der Waals surface area contributed by atoms with E-state index >= 15 is 0 Å². The van der Waals surface area contributed by atoms with Crippen LogP contribution in [-0.2, 0) is 19.2 Å². The molecule has 1 rings (SSSR count). The minimum atomic E-state index is -0.728. The van der Waals surface area contributed by atoms with E-state index in [1.165, 1.54) is 12.8 Å². The number of carbonyl (C=O) groups excluding carboxylic acids is 2. The predicted octanol–water partition coefficient (Wildman–Crippen LogP) is 3.00. The lowest BCUT2D eigenvalue weighted by Crippen LogP contribution is -2.31. The standard InChI is InChI=1S/C14H22BrNO4/c1-3-19-13(18)12(11(17)10-15)16-20-14(2)8-6-4-5-7-9-14/h3-10H2,1-2H3/b16-12+. The van der Waals surface area contributed by atoms with Gasteiger partial charge in [0.1, 0.15) is 5.60 Å². The number of esters is 1. The minimum absolute atomic E-state index is 0.0186. The van der Waals surface area contributed by atoms with E-state index in [-0.39, 0.29) is 17.6 Å². The first-order chi connectivity index (χ1) is 9.52. The fourth-order valence-corrected chi connectivity index (χ4v) is 2.45.